The number of nitrogens with two attached hydrogens (primary N) is 1. The quantitative estimate of drug-likeness (QED) is 0.784. The molecule has 0 saturated heterocycles. The zero-order chi connectivity index (χ0) is 10.9. The number of hydrogen-bond acceptors (Lipinski definition) is 4. The van der Waals surface area contributed by atoms with E-state index >= 15 is 0 Å². The third-order valence-electron chi connectivity index (χ3n) is 2.05. The maximum Gasteiger partial charge on any atom is 0.223 e. The van der Waals surface area contributed by atoms with Gasteiger partial charge in [-0.25, -0.2) is 4.98 Å². The summed E-state index contributed by atoms with van der Waals surface area (Å²) in [6.07, 6.45) is 0. The van der Waals surface area contributed by atoms with Gasteiger partial charge in [0.25, 0.3) is 0 Å². The van der Waals surface area contributed by atoms with E-state index < -0.39 is 0 Å². The maximum absolute atomic E-state index is 5.56. The van der Waals surface area contributed by atoms with Crippen LogP contribution in [0.3, 0.4) is 0 Å². The van der Waals surface area contributed by atoms with E-state index in [2.05, 4.69) is 51.6 Å². The fourth-order valence-corrected chi connectivity index (χ4v) is 1.32. The van der Waals surface area contributed by atoms with Crippen molar-refractivity contribution in [2.24, 2.45) is 0 Å². The van der Waals surface area contributed by atoms with Crippen molar-refractivity contribution in [2.75, 3.05) is 17.7 Å². The fourth-order valence-electron chi connectivity index (χ4n) is 0.938. The van der Waals surface area contributed by atoms with E-state index in [4.69, 9.17) is 5.73 Å². The molecule has 4 nitrogen and oxygen atoms in total. The lowest BCUT2D eigenvalue weighted by Gasteiger charge is -2.33. The van der Waals surface area contributed by atoms with E-state index in [9.17, 15) is 0 Å². The third-order valence-corrected chi connectivity index (χ3v) is 2.45. The molecule has 1 aromatic heterocycles. The van der Waals surface area contributed by atoms with Gasteiger partial charge in [0.1, 0.15) is 10.4 Å². The first kappa shape index (κ1) is 11.2. The second-order valence-corrected chi connectivity index (χ2v) is 4.95. The van der Waals surface area contributed by atoms with Gasteiger partial charge in [-0.2, -0.15) is 4.98 Å². The zero-order valence-electron chi connectivity index (χ0n) is 8.87. The predicted molar refractivity (Wildman–Crippen MR) is 62.3 cm³/mol. The van der Waals surface area contributed by atoms with Crippen molar-refractivity contribution >= 4 is 27.7 Å². The molecule has 0 radical (unpaired) electrons. The average molecular weight is 259 g/mol. The van der Waals surface area contributed by atoms with Gasteiger partial charge in [0.2, 0.25) is 5.95 Å². The molecule has 5 heteroatoms. The van der Waals surface area contributed by atoms with Crippen LogP contribution in [0.1, 0.15) is 20.8 Å². The van der Waals surface area contributed by atoms with Gasteiger partial charge in [-0.1, -0.05) is 0 Å². The second kappa shape index (κ2) is 3.73. The third kappa shape index (κ3) is 2.57. The Kier molecular flexibility index (Phi) is 2.99. The topological polar surface area (TPSA) is 55.0 Å². The number of anilines is 2. The Labute approximate surface area is 92.7 Å². The number of hydrogen-bond donors (Lipinski definition) is 1. The number of rotatable bonds is 1. The summed E-state index contributed by atoms with van der Waals surface area (Å²) in [5, 5.41) is 0. The lowest BCUT2D eigenvalue weighted by Crippen LogP contribution is -2.38. The van der Waals surface area contributed by atoms with Gasteiger partial charge in [-0.15, -0.1) is 0 Å². The van der Waals surface area contributed by atoms with Crippen LogP contribution in [0.2, 0.25) is 0 Å². The minimum absolute atomic E-state index is 0.0141. The first-order valence-electron chi connectivity index (χ1n) is 4.34. The Morgan fingerprint density at radius 3 is 2.36 bits per heavy atom. The summed E-state index contributed by atoms with van der Waals surface area (Å²) in [5.74, 6) is 1.10. The van der Waals surface area contributed by atoms with Crippen molar-refractivity contribution in [1.29, 1.82) is 0 Å². The predicted octanol–water partition coefficient (Wildman–Crippen LogP) is 2.06. The van der Waals surface area contributed by atoms with Crippen LogP contribution in [0.25, 0.3) is 0 Å². The summed E-state index contributed by atoms with van der Waals surface area (Å²) in [5.41, 5.74) is 5.58. The van der Waals surface area contributed by atoms with Crippen molar-refractivity contribution < 1.29 is 0 Å². The second-order valence-electron chi connectivity index (χ2n) is 4.14. The minimum atomic E-state index is 0.0141. The first-order valence-corrected chi connectivity index (χ1v) is 5.14. The Hall–Kier alpha value is -0.840. The molecule has 0 saturated carbocycles. The largest absolute Gasteiger partial charge is 0.368 e. The normalized spacial score (nSPS) is 11.5. The van der Waals surface area contributed by atoms with E-state index in [1.807, 2.05) is 13.1 Å². The van der Waals surface area contributed by atoms with E-state index in [1.165, 1.54) is 0 Å². The summed E-state index contributed by atoms with van der Waals surface area (Å²) in [4.78, 5) is 10.2. The van der Waals surface area contributed by atoms with Gasteiger partial charge in [-0.3, -0.25) is 0 Å². The summed E-state index contributed by atoms with van der Waals surface area (Å²) in [7, 11) is 1.98. The van der Waals surface area contributed by atoms with Crippen LogP contribution >= 0.6 is 15.9 Å². The molecule has 1 aromatic rings. The number of halogens is 1. The van der Waals surface area contributed by atoms with Crippen molar-refractivity contribution in [2.45, 2.75) is 26.3 Å². The van der Waals surface area contributed by atoms with Crippen LogP contribution in [0.4, 0.5) is 11.8 Å². The first-order chi connectivity index (χ1) is 6.30. The Morgan fingerprint density at radius 2 is 1.93 bits per heavy atom. The Bertz CT molecular complexity index is 312. The van der Waals surface area contributed by atoms with Gasteiger partial charge in [0, 0.05) is 18.7 Å². The summed E-state index contributed by atoms with van der Waals surface area (Å²) in [6, 6.07) is 1.85. The van der Waals surface area contributed by atoms with Crippen molar-refractivity contribution in [3.05, 3.63) is 10.7 Å². The SMILES string of the molecule is CN(c1cc(Br)nc(N)n1)C(C)(C)C. The molecule has 0 amide bonds. The van der Waals surface area contributed by atoms with Gasteiger partial charge in [0.15, 0.2) is 0 Å². The molecule has 2 N–H and O–H groups in total. The van der Waals surface area contributed by atoms with Crippen molar-refractivity contribution in [3.63, 3.8) is 0 Å². The molecular weight excluding hydrogens is 244 g/mol. The number of aromatic nitrogens is 2. The molecule has 0 spiro atoms. The smallest absolute Gasteiger partial charge is 0.223 e. The highest BCUT2D eigenvalue weighted by Crippen LogP contribution is 2.22. The molecule has 0 aliphatic heterocycles. The molecule has 0 fully saturated rings. The van der Waals surface area contributed by atoms with Crippen LogP contribution in [-0.4, -0.2) is 22.6 Å². The number of nitrogen functional groups attached to an aromatic ring is 1. The van der Waals surface area contributed by atoms with Gasteiger partial charge < -0.3 is 10.6 Å². The molecule has 0 bridgehead atoms. The standard InChI is InChI=1S/C9H15BrN4/c1-9(2,3)14(4)7-5-6(10)12-8(11)13-7/h5H,1-4H3,(H2,11,12,13). The molecular formula is C9H15BrN4. The highest BCUT2D eigenvalue weighted by molar-refractivity contribution is 9.10. The highest BCUT2D eigenvalue weighted by atomic mass is 79.9. The van der Waals surface area contributed by atoms with Gasteiger partial charge in [0.05, 0.1) is 0 Å². The highest BCUT2D eigenvalue weighted by Gasteiger charge is 2.19. The maximum atomic E-state index is 5.56. The van der Waals surface area contributed by atoms with Gasteiger partial charge >= 0.3 is 0 Å². The average Bonchev–Trinajstić information content (AvgIpc) is 1.99. The fraction of sp³-hybridized carbons (Fsp3) is 0.556. The summed E-state index contributed by atoms with van der Waals surface area (Å²) >= 11 is 3.29. The van der Waals surface area contributed by atoms with E-state index in [0.29, 0.717) is 4.60 Å². The molecule has 0 unspecified atom stereocenters. The van der Waals surface area contributed by atoms with Crippen molar-refractivity contribution in [1.82, 2.24) is 9.97 Å². The molecule has 0 aliphatic rings. The Morgan fingerprint density at radius 1 is 1.36 bits per heavy atom. The summed E-state index contributed by atoms with van der Waals surface area (Å²) < 4.78 is 0.705. The van der Waals surface area contributed by atoms with Crippen LogP contribution in [0, 0.1) is 0 Å². The van der Waals surface area contributed by atoms with Crippen LogP contribution in [-0.2, 0) is 0 Å². The van der Waals surface area contributed by atoms with Crippen LogP contribution < -0.4 is 10.6 Å². The lowest BCUT2D eigenvalue weighted by molar-refractivity contribution is 0.533. The van der Waals surface area contributed by atoms with Crippen LogP contribution in [0.5, 0.6) is 0 Å². The molecule has 0 aliphatic carbocycles. The van der Waals surface area contributed by atoms with E-state index in [0.717, 1.165) is 5.82 Å². The minimum Gasteiger partial charge on any atom is -0.368 e. The molecule has 0 aromatic carbocycles. The van der Waals surface area contributed by atoms with E-state index in [1.54, 1.807) is 0 Å². The molecule has 14 heavy (non-hydrogen) atoms. The van der Waals surface area contributed by atoms with Crippen molar-refractivity contribution in [3.8, 4) is 0 Å². The molecule has 1 heterocycles. The van der Waals surface area contributed by atoms with Gasteiger partial charge in [-0.05, 0) is 36.7 Å². The van der Waals surface area contributed by atoms with E-state index in [-0.39, 0.29) is 11.5 Å². The Balaban J connectivity index is 3.07. The molecule has 1 rings (SSSR count). The van der Waals surface area contributed by atoms with Crippen LogP contribution in [0.15, 0.2) is 10.7 Å². The number of nitrogens with zero attached hydrogens (tertiary/aromatic N) is 3. The molecule has 78 valence electrons. The zero-order valence-corrected chi connectivity index (χ0v) is 10.5. The monoisotopic (exact) mass is 258 g/mol. The molecule has 0 atom stereocenters. The lowest BCUT2D eigenvalue weighted by atomic mass is 10.1. The summed E-state index contributed by atoms with van der Waals surface area (Å²) in [6.45, 7) is 6.33.